The van der Waals surface area contributed by atoms with E-state index in [1.807, 2.05) is 6.92 Å². The summed E-state index contributed by atoms with van der Waals surface area (Å²) in [5.41, 5.74) is 3.21. The summed E-state index contributed by atoms with van der Waals surface area (Å²) in [6, 6.07) is 6.02. The van der Waals surface area contributed by atoms with Crippen molar-refractivity contribution in [3.63, 3.8) is 0 Å². The van der Waals surface area contributed by atoms with Gasteiger partial charge in [0.15, 0.2) is 0 Å². The molecule has 0 amide bonds. The van der Waals surface area contributed by atoms with Gasteiger partial charge in [0.05, 0.1) is 23.7 Å². The molecule has 0 aromatic heterocycles. The lowest BCUT2D eigenvalue weighted by Gasteiger charge is -2.31. The molecule has 0 spiro atoms. The van der Waals surface area contributed by atoms with E-state index in [0.717, 1.165) is 11.3 Å². The molecule has 0 fully saturated rings. The molecule has 0 aliphatic carbocycles. The number of carbonyl (C=O) groups excluding carboxylic acids is 2. The molecule has 1 heterocycles. The molecule has 1 atom stereocenters. The number of nitro benzene ring substituents is 1. The highest BCUT2D eigenvalue weighted by Crippen LogP contribution is 2.40. The Bertz CT molecular complexity index is 982. The largest absolute Gasteiger partial charge is 0.463 e. The number of ether oxygens (including phenoxy) is 3. The van der Waals surface area contributed by atoms with E-state index >= 15 is 0 Å². The first-order valence-corrected chi connectivity index (χ1v) is 10.7. The Morgan fingerprint density at radius 3 is 2.47 bits per heavy atom. The van der Waals surface area contributed by atoms with E-state index in [4.69, 9.17) is 19.0 Å². The van der Waals surface area contributed by atoms with Crippen LogP contribution in [0.4, 0.5) is 5.69 Å². The van der Waals surface area contributed by atoms with Gasteiger partial charge in [-0.2, -0.15) is 0 Å². The molecule has 11 nitrogen and oxygen atoms in total. The number of esters is 2. The Balaban J connectivity index is 2.33. The van der Waals surface area contributed by atoms with Crippen LogP contribution >= 0.6 is 0 Å². The van der Waals surface area contributed by atoms with E-state index in [1.54, 1.807) is 26.0 Å². The maximum Gasteiger partial charge on any atom is 0.347 e. The van der Waals surface area contributed by atoms with Gasteiger partial charge in [-0.1, -0.05) is 17.3 Å². The topological polar surface area (TPSA) is 139 Å². The number of rotatable bonds is 12. The minimum Gasteiger partial charge on any atom is -0.463 e. The average Bonchev–Trinajstić information content (AvgIpc) is 2.80. The summed E-state index contributed by atoms with van der Waals surface area (Å²) in [6.07, 6.45) is 1.76. The Labute approximate surface area is 197 Å². The number of allylic oxidation sites excluding steroid dienone is 3. The van der Waals surface area contributed by atoms with Crippen LogP contribution in [0.2, 0.25) is 0 Å². The second-order valence-electron chi connectivity index (χ2n) is 7.29. The van der Waals surface area contributed by atoms with Gasteiger partial charge >= 0.3 is 11.9 Å². The van der Waals surface area contributed by atoms with Gasteiger partial charge in [-0.3, -0.25) is 10.1 Å². The van der Waals surface area contributed by atoms with Crippen molar-refractivity contribution < 1.29 is 33.6 Å². The number of nitro groups is 1. The molecule has 11 heteroatoms. The lowest BCUT2D eigenvalue weighted by Crippen LogP contribution is -2.29. The summed E-state index contributed by atoms with van der Waals surface area (Å²) < 4.78 is 15.1. The number of carbonyl (C=O) groups is 2. The van der Waals surface area contributed by atoms with Crippen LogP contribution in [-0.4, -0.2) is 56.6 Å². The molecule has 1 aromatic rings. The molecule has 34 heavy (non-hydrogen) atoms. The van der Waals surface area contributed by atoms with Gasteiger partial charge in [0.25, 0.3) is 5.69 Å². The Morgan fingerprint density at radius 1 is 1.15 bits per heavy atom. The Kier molecular flexibility index (Phi) is 10.2. The van der Waals surface area contributed by atoms with Crippen LogP contribution in [0.5, 0.6) is 0 Å². The quantitative estimate of drug-likeness (QED) is 0.159. The molecule has 1 aromatic carbocycles. The van der Waals surface area contributed by atoms with Crippen molar-refractivity contribution in [2.24, 2.45) is 5.16 Å². The summed E-state index contributed by atoms with van der Waals surface area (Å²) in [5.74, 6) is -1.59. The molecular formula is C23H29N3O8. The zero-order valence-electron chi connectivity index (χ0n) is 19.7. The zero-order valence-corrected chi connectivity index (χ0v) is 19.7. The van der Waals surface area contributed by atoms with E-state index in [0.29, 0.717) is 16.8 Å². The Hall–Kier alpha value is -3.73. The standard InChI is InChI=1S/C23H29N3O8/c1-5-32-20(27)14-34-24-11-10-19-15(2)25-16(3)21(23(28)33-13-12-31-4)22(19)17-6-8-18(9-7-17)26(29)30/h6-9,11,22,25H,5,10,12-14H2,1-4H3. The van der Waals surface area contributed by atoms with Crippen LogP contribution in [0.15, 0.2) is 52.0 Å². The van der Waals surface area contributed by atoms with Crippen LogP contribution in [0, 0.1) is 10.1 Å². The van der Waals surface area contributed by atoms with Crippen molar-refractivity contribution in [2.75, 3.05) is 33.5 Å². The average molecular weight is 475 g/mol. The monoisotopic (exact) mass is 475 g/mol. The van der Waals surface area contributed by atoms with Gasteiger partial charge in [-0.25, -0.2) is 9.59 Å². The number of nitrogens with one attached hydrogen (secondary N) is 1. The molecule has 0 saturated carbocycles. The lowest BCUT2D eigenvalue weighted by atomic mass is 9.79. The zero-order chi connectivity index (χ0) is 25.1. The molecule has 1 N–H and O–H groups in total. The number of non-ortho nitro benzene ring substituents is 1. The highest BCUT2D eigenvalue weighted by atomic mass is 16.7. The number of hydrogen-bond acceptors (Lipinski definition) is 10. The summed E-state index contributed by atoms with van der Waals surface area (Å²) in [6.45, 7) is 5.58. The third-order valence-electron chi connectivity index (χ3n) is 5.02. The van der Waals surface area contributed by atoms with E-state index in [9.17, 15) is 19.7 Å². The van der Waals surface area contributed by atoms with Gasteiger partial charge in [-0.05, 0) is 31.9 Å². The smallest absolute Gasteiger partial charge is 0.347 e. The third-order valence-corrected chi connectivity index (χ3v) is 5.02. The van der Waals surface area contributed by atoms with Crippen molar-refractivity contribution in [3.8, 4) is 0 Å². The molecule has 0 saturated heterocycles. The van der Waals surface area contributed by atoms with Crippen molar-refractivity contribution in [1.29, 1.82) is 0 Å². The van der Waals surface area contributed by atoms with E-state index in [-0.39, 0.29) is 38.5 Å². The fourth-order valence-corrected chi connectivity index (χ4v) is 3.51. The van der Waals surface area contributed by atoms with Gasteiger partial charge < -0.3 is 24.4 Å². The maximum absolute atomic E-state index is 13.0. The van der Waals surface area contributed by atoms with E-state index < -0.39 is 22.8 Å². The molecule has 0 bridgehead atoms. The predicted molar refractivity (Wildman–Crippen MR) is 123 cm³/mol. The highest BCUT2D eigenvalue weighted by Gasteiger charge is 2.33. The highest BCUT2D eigenvalue weighted by molar-refractivity contribution is 5.93. The van der Waals surface area contributed by atoms with Crippen LogP contribution < -0.4 is 5.32 Å². The molecule has 1 aliphatic heterocycles. The van der Waals surface area contributed by atoms with Crippen molar-refractivity contribution in [3.05, 3.63) is 62.5 Å². The second kappa shape index (κ2) is 13.1. The van der Waals surface area contributed by atoms with E-state index in [1.165, 1.54) is 25.5 Å². The maximum atomic E-state index is 13.0. The third kappa shape index (κ3) is 7.14. The van der Waals surface area contributed by atoms with Crippen LogP contribution in [0.1, 0.15) is 38.7 Å². The first kappa shape index (κ1) is 26.5. The minimum atomic E-state index is -0.534. The van der Waals surface area contributed by atoms with E-state index in [2.05, 4.69) is 10.5 Å². The molecule has 0 radical (unpaired) electrons. The first-order chi connectivity index (χ1) is 16.3. The number of hydrogen-bond donors (Lipinski definition) is 1. The molecule has 184 valence electrons. The number of methoxy groups -OCH3 is 1. The first-order valence-electron chi connectivity index (χ1n) is 10.7. The van der Waals surface area contributed by atoms with Crippen molar-refractivity contribution >= 4 is 23.8 Å². The SMILES string of the molecule is CCOC(=O)CON=CCC1=C(C)NC(C)=C(C(=O)OCCOC)C1c1ccc([N+](=O)[O-])cc1. The summed E-state index contributed by atoms with van der Waals surface area (Å²) in [4.78, 5) is 40.0. The van der Waals surface area contributed by atoms with Crippen LogP contribution in [0.3, 0.4) is 0 Å². The number of oxime groups is 1. The number of dihydropyridines is 1. The normalized spacial score (nSPS) is 15.8. The van der Waals surface area contributed by atoms with Crippen molar-refractivity contribution in [2.45, 2.75) is 33.1 Å². The summed E-state index contributed by atoms with van der Waals surface area (Å²) >= 11 is 0. The minimum absolute atomic E-state index is 0.0567. The Morgan fingerprint density at radius 2 is 1.85 bits per heavy atom. The predicted octanol–water partition coefficient (Wildman–Crippen LogP) is 2.97. The number of nitrogens with zero attached hydrogens (tertiary/aromatic N) is 2. The van der Waals surface area contributed by atoms with Crippen molar-refractivity contribution in [1.82, 2.24) is 5.32 Å². The summed E-state index contributed by atoms with van der Waals surface area (Å²) in [5, 5.41) is 18.1. The van der Waals surface area contributed by atoms with Gasteiger partial charge in [0.1, 0.15) is 6.61 Å². The molecule has 1 unspecified atom stereocenters. The van der Waals surface area contributed by atoms with Gasteiger partial charge in [0, 0.05) is 49.2 Å². The molecule has 2 rings (SSSR count). The molecular weight excluding hydrogens is 446 g/mol. The lowest BCUT2D eigenvalue weighted by molar-refractivity contribution is -0.384. The summed E-state index contributed by atoms with van der Waals surface area (Å²) in [7, 11) is 1.51. The fraction of sp³-hybridized carbons (Fsp3) is 0.435. The fourth-order valence-electron chi connectivity index (χ4n) is 3.51. The van der Waals surface area contributed by atoms with Crippen LogP contribution in [0.25, 0.3) is 0 Å². The second-order valence-corrected chi connectivity index (χ2v) is 7.29. The number of benzene rings is 1. The van der Waals surface area contributed by atoms with Crippen LogP contribution in [-0.2, 0) is 28.6 Å². The van der Waals surface area contributed by atoms with Gasteiger partial charge in [0.2, 0.25) is 6.61 Å². The van der Waals surface area contributed by atoms with Gasteiger partial charge in [-0.15, -0.1) is 0 Å². The molecule has 1 aliphatic rings.